The Kier molecular flexibility index (Phi) is 6.71. The van der Waals surface area contributed by atoms with Crippen molar-refractivity contribution in [1.82, 2.24) is 10.4 Å². The van der Waals surface area contributed by atoms with Crippen molar-refractivity contribution < 1.29 is 0 Å². The summed E-state index contributed by atoms with van der Waals surface area (Å²) in [6.45, 7) is 1.92. The number of hydrogen-bond donors (Lipinski definition) is 1. The predicted octanol–water partition coefficient (Wildman–Crippen LogP) is 6.72. The van der Waals surface area contributed by atoms with Crippen LogP contribution in [-0.4, -0.2) is 11.6 Å². The van der Waals surface area contributed by atoms with Crippen LogP contribution in [0.1, 0.15) is 36.4 Å². The minimum atomic E-state index is 0.450. The molecule has 1 atom stereocenters. The summed E-state index contributed by atoms with van der Waals surface area (Å²) in [6, 6.07) is 28.0. The molecule has 1 fully saturated rings. The highest BCUT2D eigenvalue weighted by Gasteiger charge is 2.23. The summed E-state index contributed by atoms with van der Waals surface area (Å²) in [5, 5.41) is 3.21. The topological polar surface area (TPSA) is 15.3 Å². The van der Waals surface area contributed by atoms with Gasteiger partial charge in [-0.2, -0.15) is 0 Å². The Bertz CT molecular complexity index is 883. The standard InChI is InChI=1S/C24H25ClN2S/c25-21-13-15-22(16-14-21)28-24-12-5-4-10-20(24)18-26-27-17-7-6-11-23(27)19-8-2-1-3-9-19/h1-5,8-10,12-16,23,26H,6-7,11,17-18H2. The zero-order chi connectivity index (χ0) is 19.2. The molecule has 1 N–H and O–H groups in total. The maximum absolute atomic E-state index is 6.02. The van der Waals surface area contributed by atoms with E-state index in [4.69, 9.17) is 11.6 Å². The van der Waals surface area contributed by atoms with Crippen LogP contribution in [-0.2, 0) is 6.54 Å². The first-order valence-electron chi connectivity index (χ1n) is 9.86. The van der Waals surface area contributed by atoms with Crippen molar-refractivity contribution in [2.24, 2.45) is 0 Å². The van der Waals surface area contributed by atoms with Gasteiger partial charge in [0.2, 0.25) is 0 Å². The molecule has 4 rings (SSSR count). The number of nitrogens with one attached hydrogen (secondary N) is 1. The molecule has 0 aromatic heterocycles. The first-order valence-corrected chi connectivity index (χ1v) is 11.1. The Morgan fingerprint density at radius 2 is 1.64 bits per heavy atom. The third-order valence-electron chi connectivity index (χ3n) is 5.17. The number of hydrazine groups is 1. The van der Waals surface area contributed by atoms with Gasteiger partial charge in [0.25, 0.3) is 0 Å². The van der Waals surface area contributed by atoms with Crippen molar-refractivity contribution in [1.29, 1.82) is 0 Å². The molecule has 1 aliphatic heterocycles. The Balaban J connectivity index is 1.46. The molecular weight excluding hydrogens is 384 g/mol. The lowest BCUT2D eigenvalue weighted by molar-refractivity contribution is 0.0822. The molecule has 3 aromatic carbocycles. The van der Waals surface area contributed by atoms with Crippen LogP contribution in [0.4, 0.5) is 0 Å². The van der Waals surface area contributed by atoms with Crippen LogP contribution in [0.3, 0.4) is 0 Å². The van der Waals surface area contributed by atoms with Gasteiger partial charge in [-0.15, -0.1) is 0 Å². The maximum Gasteiger partial charge on any atom is 0.0493 e. The fourth-order valence-electron chi connectivity index (χ4n) is 3.71. The van der Waals surface area contributed by atoms with Gasteiger partial charge in [-0.25, -0.2) is 5.01 Å². The Morgan fingerprint density at radius 3 is 2.46 bits per heavy atom. The van der Waals surface area contributed by atoms with Gasteiger partial charge in [0.15, 0.2) is 0 Å². The van der Waals surface area contributed by atoms with Crippen LogP contribution in [0.2, 0.25) is 5.02 Å². The molecule has 0 bridgehead atoms. The summed E-state index contributed by atoms with van der Waals surface area (Å²) < 4.78 is 0. The van der Waals surface area contributed by atoms with Crippen molar-refractivity contribution >= 4 is 23.4 Å². The molecule has 1 heterocycles. The number of hydrogen-bond acceptors (Lipinski definition) is 3. The van der Waals surface area contributed by atoms with Crippen LogP contribution >= 0.6 is 23.4 Å². The van der Waals surface area contributed by atoms with Crippen molar-refractivity contribution in [3.05, 3.63) is 95.0 Å². The maximum atomic E-state index is 6.02. The van der Waals surface area contributed by atoms with E-state index in [1.54, 1.807) is 11.8 Å². The Labute approximate surface area is 176 Å². The molecule has 1 unspecified atom stereocenters. The van der Waals surface area contributed by atoms with Gasteiger partial charge in [-0.3, -0.25) is 5.43 Å². The lowest BCUT2D eigenvalue weighted by Crippen LogP contribution is -2.43. The quantitative estimate of drug-likeness (QED) is 0.487. The molecule has 0 amide bonds. The summed E-state index contributed by atoms with van der Waals surface area (Å²) in [4.78, 5) is 2.49. The smallest absolute Gasteiger partial charge is 0.0493 e. The van der Waals surface area contributed by atoms with Gasteiger partial charge in [-0.1, -0.05) is 78.3 Å². The lowest BCUT2D eigenvalue weighted by atomic mass is 9.97. The SMILES string of the molecule is Clc1ccc(Sc2ccccc2CNN2CCCCC2c2ccccc2)cc1. The second kappa shape index (κ2) is 9.62. The van der Waals surface area contributed by atoms with Gasteiger partial charge >= 0.3 is 0 Å². The average molecular weight is 409 g/mol. The Hall–Kier alpha value is -1.78. The van der Waals surface area contributed by atoms with Crippen LogP contribution in [0, 0.1) is 0 Å². The van der Waals surface area contributed by atoms with Crippen LogP contribution in [0.15, 0.2) is 88.7 Å². The van der Waals surface area contributed by atoms with E-state index in [1.807, 2.05) is 12.1 Å². The second-order valence-electron chi connectivity index (χ2n) is 7.11. The number of halogens is 1. The summed E-state index contributed by atoms with van der Waals surface area (Å²) in [7, 11) is 0. The lowest BCUT2D eigenvalue weighted by Gasteiger charge is -2.36. The monoisotopic (exact) mass is 408 g/mol. The van der Waals surface area contributed by atoms with Gasteiger partial charge in [-0.05, 0) is 54.3 Å². The van der Waals surface area contributed by atoms with Gasteiger partial charge in [0.1, 0.15) is 0 Å². The van der Waals surface area contributed by atoms with Gasteiger partial charge in [0, 0.05) is 33.9 Å². The number of benzene rings is 3. The van der Waals surface area contributed by atoms with Crippen molar-refractivity contribution in [2.45, 2.75) is 41.6 Å². The fraction of sp³-hybridized carbons (Fsp3) is 0.250. The zero-order valence-electron chi connectivity index (χ0n) is 15.9. The van der Waals surface area contributed by atoms with Crippen molar-refractivity contribution in [2.75, 3.05) is 6.54 Å². The van der Waals surface area contributed by atoms with E-state index in [-0.39, 0.29) is 0 Å². The molecule has 1 aliphatic rings. The molecular formula is C24H25ClN2S. The molecule has 2 nitrogen and oxygen atoms in total. The average Bonchev–Trinajstić information content (AvgIpc) is 2.75. The highest BCUT2D eigenvalue weighted by atomic mass is 35.5. The molecule has 144 valence electrons. The summed E-state index contributed by atoms with van der Waals surface area (Å²) in [6.07, 6.45) is 3.75. The highest BCUT2D eigenvalue weighted by Crippen LogP contribution is 2.32. The normalized spacial score (nSPS) is 17.5. The highest BCUT2D eigenvalue weighted by molar-refractivity contribution is 7.99. The van der Waals surface area contributed by atoms with Gasteiger partial charge < -0.3 is 0 Å². The summed E-state index contributed by atoms with van der Waals surface area (Å²) in [5.74, 6) is 0. The fourth-order valence-corrected chi connectivity index (χ4v) is 4.78. The first-order chi connectivity index (χ1) is 13.8. The van der Waals surface area contributed by atoms with Crippen molar-refractivity contribution in [3.8, 4) is 0 Å². The van der Waals surface area contributed by atoms with E-state index in [2.05, 4.69) is 77.2 Å². The minimum absolute atomic E-state index is 0.450. The third kappa shape index (κ3) is 4.98. The number of rotatable bonds is 6. The third-order valence-corrected chi connectivity index (χ3v) is 6.55. The molecule has 0 saturated carbocycles. The minimum Gasteiger partial charge on any atom is -0.250 e. The molecule has 4 heteroatoms. The molecule has 0 radical (unpaired) electrons. The van der Waals surface area contributed by atoms with Crippen LogP contribution in [0.25, 0.3) is 0 Å². The largest absolute Gasteiger partial charge is 0.250 e. The van der Waals surface area contributed by atoms with Crippen LogP contribution in [0.5, 0.6) is 0 Å². The first kappa shape index (κ1) is 19.5. The molecule has 0 aliphatic carbocycles. The van der Waals surface area contributed by atoms with E-state index in [0.29, 0.717) is 6.04 Å². The summed E-state index contributed by atoms with van der Waals surface area (Å²) in [5.41, 5.74) is 6.44. The van der Waals surface area contributed by atoms with Gasteiger partial charge in [0.05, 0.1) is 0 Å². The molecule has 28 heavy (non-hydrogen) atoms. The molecule has 0 spiro atoms. The van der Waals surface area contributed by atoms with E-state index in [1.165, 1.54) is 40.2 Å². The predicted molar refractivity (Wildman–Crippen MR) is 119 cm³/mol. The van der Waals surface area contributed by atoms with E-state index in [9.17, 15) is 0 Å². The van der Waals surface area contributed by atoms with E-state index < -0.39 is 0 Å². The zero-order valence-corrected chi connectivity index (χ0v) is 17.4. The van der Waals surface area contributed by atoms with E-state index >= 15 is 0 Å². The second-order valence-corrected chi connectivity index (χ2v) is 8.67. The number of piperidine rings is 1. The number of nitrogens with zero attached hydrogens (tertiary/aromatic N) is 1. The Morgan fingerprint density at radius 1 is 0.893 bits per heavy atom. The van der Waals surface area contributed by atoms with Crippen molar-refractivity contribution in [3.63, 3.8) is 0 Å². The molecule has 1 saturated heterocycles. The molecule has 3 aromatic rings. The van der Waals surface area contributed by atoms with Crippen LogP contribution < -0.4 is 5.43 Å². The summed E-state index contributed by atoms with van der Waals surface area (Å²) >= 11 is 7.81. The van der Waals surface area contributed by atoms with E-state index in [0.717, 1.165) is 18.1 Å².